The molecule has 2 aromatic heterocycles. The summed E-state index contributed by atoms with van der Waals surface area (Å²) >= 11 is 0. The van der Waals surface area contributed by atoms with Gasteiger partial charge in [0.15, 0.2) is 0 Å². The van der Waals surface area contributed by atoms with E-state index in [0.717, 1.165) is 92.3 Å². The third-order valence-corrected chi connectivity index (χ3v) is 11.0. The maximum atomic E-state index is 13.6. The van der Waals surface area contributed by atoms with E-state index in [4.69, 9.17) is 9.97 Å². The predicted octanol–water partition coefficient (Wildman–Crippen LogP) is 8.26. The first kappa shape index (κ1) is 46.1. The predicted molar refractivity (Wildman–Crippen MR) is 235 cm³/mol. The first-order valence-corrected chi connectivity index (χ1v) is 20.6. The zero-order valence-corrected chi connectivity index (χ0v) is 36.3. The Morgan fingerprint density at radius 3 is 1.43 bits per heavy atom. The number of carbonyl (C=O) groups excluding carboxylic acids is 1. The molecule has 4 aromatic carbocycles. The van der Waals surface area contributed by atoms with Gasteiger partial charge >= 0.3 is 37.7 Å². The maximum Gasteiger partial charge on any atom is 2.00 e. The fourth-order valence-electron chi connectivity index (χ4n) is 7.59. The fraction of sp³-hybridized carbons (Fsp3) is 0.300. The molecule has 310 valence electrons. The summed E-state index contributed by atoms with van der Waals surface area (Å²) in [5.74, 6) is -1.22. The van der Waals surface area contributed by atoms with Crippen LogP contribution >= 0.6 is 0 Å². The molecule has 2 aliphatic rings. The van der Waals surface area contributed by atoms with Gasteiger partial charge in [-0.1, -0.05) is 91.9 Å². The van der Waals surface area contributed by atoms with E-state index in [-0.39, 0.29) is 55.8 Å². The Morgan fingerprint density at radius 2 is 1.05 bits per heavy atom. The van der Waals surface area contributed by atoms with Gasteiger partial charge in [0.05, 0.1) is 46.8 Å². The van der Waals surface area contributed by atoms with Gasteiger partial charge in [0.2, 0.25) is 0 Å². The molecule has 0 radical (unpaired) electrons. The number of fused-ring (bicyclic) bond motifs is 2. The van der Waals surface area contributed by atoms with Crippen molar-refractivity contribution in [2.75, 3.05) is 0 Å². The third kappa shape index (κ3) is 12.0. The number of hydrogen-bond acceptors (Lipinski definition) is 8. The molecule has 0 bridgehead atoms. The van der Waals surface area contributed by atoms with Crippen molar-refractivity contribution in [2.24, 2.45) is 0 Å². The number of nitrogens with zero attached hydrogens (tertiary/aromatic N) is 2. The third-order valence-electron chi connectivity index (χ3n) is 11.0. The quantitative estimate of drug-likeness (QED) is 0.0756. The van der Waals surface area contributed by atoms with Crippen LogP contribution in [0.5, 0.6) is 0 Å². The molecule has 2 heterocycles. The molecule has 0 aliphatic heterocycles. The molecule has 4 atom stereocenters. The van der Waals surface area contributed by atoms with Crippen LogP contribution in [0.15, 0.2) is 109 Å². The van der Waals surface area contributed by atoms with E-state index in [0.29, 0.717) is 24.7 Å². The van der Waals surface area contributed by atoms with Gasteiger partial charge in [-0.3, -0.25) is 9.97 Å². The number of aliphatic carboxylic acids is 1. The minimum atomic E-state index is -1.36. The van der Waals surface area contributed by atoms with Crippen molar-refractivity contribution in [1.82, 2.24) is 9.97 Å². The molecule has 0 unspecified atom stereocenters. The standard InChI is InChI=1S/C25H24FNO4.C25H26FNO2.Ca/c26-17-9-7-15(8-10-17)24-20-3-1-2-4-22(20)27-25(16-5-6-16)21(24)12-11-18(28)13-19(29)14-23(30)31;1-2-19(28)15-20(29)13-14-22-24(16-9-11-18(26)12-10-16)21-5-3-4-6-23(21)27-25(22)17-7-8-17;/h1-4,7-12,16,18-19,28-29H,5-6,13-14H2,(H,30,31);3-6,9-14,17,19-20,28-29H,2,7-8,15H2,1H3;/q;;+2/p-1/b12-11+;14-13+;/t18-,19-;19-,20+;/m10./s1. The van der Waals surface area contributed by atoms with E-state index in [1.807, 2.05) is 61.5 Å². The number of carbonyl (C=O) groups is 1. The number of aliphatic hydroxyl groups is 4. The SMILES string of the molecule is CC[C@H](O)C[C@H](O)/C=C/c1c(C2CC2)nc2ccccc2c1-c1ccc(F)cc1.O=C([O-])C[C@H](O)C[C@H](O)/C=C/c1c(C2CC2)nc2ccccc2c1-c1ccc(F)cc1.[Ca+2]. The van der Waals surface area contributed by atoms with Crippen molar-refractivity contribution in [1.29, 1.82) is 0 Å². The molecule has 11 heteroatoms. The number of hydrogen-bond donors (Lipinski definition) is 4. The van der Waals surface area contributed by atoms with Crippen LogP contribution in [-0.4, -0.2) is 98.5 Å². The second kappa shape index (κ2) is 21.1. The average Bonchev–Trinajstić information content (AvgIpc) is 4.17. The van der Waals surface area contributed by atoms with Crippen LogP contribution in [0.25, 0.3) is 56.2 Å². The number of carboxylic acid groups (broad SMARTS) is 1. The Balaban J connectivity index is 0.000000201. The number of para-hydroxylation sites is 2. The first-order chi connectivity index (χ1) is 29.0. The Hall–Kier alpha value is -4.39. The number of rotatable bonds is 15. The summed E-state index contributed by atoms with van der Waals surface area (Å²) in [6.07, 6.45) is 8.04. The number of carboxylic acids is 1. The number of aromatic nitrogens is 2. The summed E-state index contributed by atoms with van der Waals surface area (Å²) in [7, 11) is 0. The molecule has 8 rings (SSSR count). The van der Waals surface area contributed by atoms with Crippen LogP contribution < -0.4 is 5.11 Å². The van der Waals surface area contributed by atoms with Crippen molar-refractivity contribution >= 4 is 77.7 Å². The van der Waals surface area contributed by atoms with Crippen LogP contribution in [0.1, 0.15) is 92.6 Å². The van der Waals surface area contributed by atoms with E-state index in [1.54, 1.807) is 42.5 Å². The summed E-state index contributed by atoms with van der Waals surface area (Å²) in [4.78, 5) is 20.5. The topological polar surface area (TPSA) is 147 Å². The molecule has 0 spiro atoms. The Labute approximate surface area is 384 Å². The minimum Gasteiger partial charge on any atom is -0.550 e. The van der Waals surface area contributed by atoms with E-state index in [1.165, 1.54) is 24.3 Å². The fourth-order valence-corrected chi connectivity index (χ4v) is 7.59. The Morgan fingerprint density at radius 1 is 0.656 bits per heavy atom. The van der Waals surface area contributed by atoms with Crippen molar-refractivity contribution in [3.8, 4) is 22.3 Å². The summed E-state index contributed by atoms with van der Waals surface area (Å²) in [6, 6.07) is 28.6. The molecule has 0 saturated heterocycles. The van der Waals surface area contributed by atoms with Gasteiger partial charge in [0.25, 0.3) is 0 Å². The van der Waals surface area contributed by atoms with E-state index >= 15 is 0 Å². The van der Waals surface area contributed by atoms with Gasteiger partial charge < -0.3 is 30.3 Å². The molecule has 4 N–H and O–H groups in total. The average molecular weight is 852 g/mol. The molecule has 2 saturated carbocycles. The Kier molecular flexibility index (Phi) is 16.0. The molecular formula is C50H49CaF2N2O6+. The molecule has 0 amide bonds. The zero-order chi connectivity index (χ0) is 42.3. The maximum absolute atomic E-state index is 13.6. The van der Waals surface area contributed by atoms with Gasteiger partial charge in [-0.05, 0) is 79.6 Å². The minimum absolute atomic E-state index is 0. The van der Waals surface area contributed by atoms with Crippen molar-refractivity contribution in [3.63, 3.8) is 0 Å². The van der Waals surface area contributed by atoms with Crippen molar-refractivity contribution < 1.29 is 39.1 Å². The van der Waals surface area contributed by atoms with Gasteiger partial charge in [-0.25, -0.2) is 8.78 Å². The Bertz CT molecular complexity index is 2500. The van der Waals surface area contributed by atoms with Gasteiger partial charge in [0.1, 0.15) is 11.6 Å². The van der Waals surface area contributed by atoms with Crippen LogP contribution in [0.2, 0.25) is 0 Å². The summed E-state index contributed by atoms with van der Waals surface area (Å²) in [6.45, 7) is 1.90. The number of aliphatic hydroxyl groups excluding tert-OH is 4. The molecular weight excluding hydrogens is 803 g/mol. The number of pyridine rings is 2. The molecule has 6 aromatic rings. The van der Waals surface area contributed by atoms with E-state index < -0.39 is 36.8 Å². The van der Waals surface area contributed by atoms with Gasteiger partial charge in [-0.15, -0.1) is 0 Å². The molecule has 8 nitrogen and oxygen atoms in total. The van der Waals surface area contributed by atoms with Crippen LogP contribution in [-0.2, 0) is 4.79 Å². The second-order valence-electron chi connectivity index (χ2n) is 15.8. The second-order valence-corrected chi connectivity index (χ2v) is 15.8. The monoisotopic (exact) mass is 851 g/mol. The van der Waals surface area contributed by atoms with Gasteiger partial charge in [0, 0.05) is 70.1 Å². The van der Waals surface area contributed by atoms with Crippen LogP contribution in [0.4, 0.5) is 8.78 Å². The van der Waals surface area contributed by atoms with Crippen molar-refractivity contribution in [3.05, 3.63) is 143 Å². The van der Waals surface area contributed by atoms with Crippen LogP contribution in [0, 0.1) is 11.6 Å². The first-order valence-electron chi connectivity index (χ1n) is 20.6. The summed E-state index contributed by atoms with van der Waals surface area (Å²) in [5, 5.41) is 52.9. The number of benzene rings is 4. The zero-order valence-electron chi connectivity index (χ0n) is 34.1. The summed E-state index contributed by atoms with van der Waals surface area (Å²) < 4.78 is 27.1. The van der Waals surface area contributed by atoms with Crippen LogP contribution in [0.3, 0.4) is 0 Å². The molecule has 2 aliphatic carbocycles. The number of halogens is 2. The summed E-state index contributed by atoms with van der Waals surface area (Å²) in [5.41, 5.74) is 9.24. The van der Waals surface area contributed by atoms with E-state index in [2.05, 4.69) is 0 Å². The molecule has 61 heavy (non-hydrogen) atoms. The van der Waals surface area contributed by atoms with Gasteiger partial charge in [-0.2, -0.15) is 0 Å². The largest absolute Gasteiger partial charge is 2.00 e. The van der Waals surface area contributed by atoms with Crippen molar-refractivity contribution in [2.45, 2.75) is 94.5 Å². The normalized spacial score (nSPS) is 15.9. The smallest absolute Gasteiger partial charge is 0.550 e. The van der Waals surface area contributed by atoms with E-state index in [9.17, 15) is 39.1 Å². The molecule has 2 fully saturated rings.